The van der Waals surface area contributed by atoms with Crippen LogP contribution < -0.4 is 5.73 Å². The molecule has 72 valence electrons. The summed E-state index contributed by atoms with van der Waals surface area (Å²) in [6.07, 6.45) is 1.77. The average molecular weight is 182 g/mol. The van der Waals surface area contributed by atoms with E-state index in [1.165, 1.54) is 0 Å². The molecule has 0 spiro atoms. The Bertz CT molecular complexity index is 327. The first-order valence-corrected chi connectivity index (χ1v) is 4.10. The lowest BCUT2D eigenvalue weighted by molar-refractivity contribution is 0.318. The molecule has 13 heavy (non-hydrogen) atoms. The lowest BCUT2D eigenvalue weighted by Crippen LogP contribution is -2.13. The van der Waals surface area contributed by atoms with Crippen molar-refractivity contribution in [3.05, 3.63) is 17.5 Å². The Morgan fingerprint density at radius 2 is 2.31 bits per heavy atom. The predicted molar refractivity (Wildman–Crippen MR) is 49.9 cm³/mol. The van der Waals surface area contributed by atoms with Gasteiger partial charge in [0.1, 0.15) is 0 Å². The summed E-state index contributed by atoms with van der Waals surface area (Å²) in [4.78, 5) is 0. The maximum absolute atomic E-state index is 8.49. The fourth-order valence-corrected chi connectivity index (χ4v) is 1.05. The zero-order chi connectivity index (χ0) is 10.0. The second-order valence-electron chi connectivity index (χ2n) is 3.19. The Kier molecular flexibility index (Phi) is 2.55. The fourth-order valence-electron chi connectivity index (χ4n) is 1.05. The lowest BCUT2D eigenvalue weighted by Gasteiger charge is -2.02. The molecule has 1 heterocycles. The van der Waals surface area contributed by atoms with E-state index in [4.69, 9.17) is 10.9 Å². The summed E-state index contributed by atoms with van der Waals surface area (Å²) >= 11 is 0. The summed E-state index contributed by atoms with van der Waals surface area (Å²) in [6, 6.07) is 0.277. The molecule has 0 fully saturated rings. The first-order valence-electron chi connectivity index (χ1n) is 4.10. The summed E-state index contributed by atoms with van der Waals surface area (Å²) in [6.45, 7) is 5.86. The van der Waals surface area contributed by atoms with E-state index in [1.807, 2.05) is 20.8 Å². The first kappa shape index (κ1) is 9.57. The van der Waals surface area contributed by atoms with E-state index >= 15 is 0 Å². The van der Waals surface area contributed by atoms with Gasteiger partial charge in [0.05, 0.1) is 11.3 Å². The normalized spacial score (nSPS) is 12.5. The van der Waals surface area contributed by atoms with Gasteiger partial charge in [0.25, 0.3) is 0 Å². The minimum Gasteiger partial charge on any atom is -0.409 e. The first-order chi connectivity index (χ1) is 6.06. The minimum absolute atomic E-state index is 0.101. The van der Waals surface area contributed by atoms with Crippen LogP contribution in [0, 0.1) is 6.92 Å². The Morgan fingerprint density at radius 3 is 2.69 bits per heavy atom. The molecule has 3 N–H and O–H groups in total. The van der Waals surface area contributed by atoms with E-state index in [2.05, 4.69) is 10.3 Å². The molecule has 0 saturated carbocycles. The van der Waals surface area contributed by atoms with Crippen LogP contribution in [0.4, 0.5) is 0 Å². The van der Waals surface area contributed by atoms with Crippen molar-refractivity contribution in [1.82, 2.24) is 9.78 Å². The van der Waals surface area contributed by atoms with Gasteiger partial charge in [0, 0.05) is 12.2 Å². The summed E-state index contributed by atoms with van der Waals surface area (Å²) in [7, 11) is 0. The molecule has 0 aliphatic carbocycles. The highest BCUT2D eigenvalue weighted by Crippen LogP contribution is 2.09. The van der Waals surface area contributed by atoms with Gasteiger partial charge in [-0.1, -0.05) is 5.16 Å². The van der Waals surface area contributed by atoms with E-state index in [1.54, 1.807) is 10.9 Å². The van der Waals surface area contributed by atoms with Crippen LogP contribution in [0.3, 0.4) is 0 Å². The highest BCUT2D eigenvalue weighted by molar-refractivity contribution is 5.97. The second-order valence-corrected chi connectivity index (χ2v) is 3.19. The third kappa shape index (κ3) is 1.80. The molecule has 1 aromatic rings. The van der Waals surface area contributed by atoms with Crippen LogP contribution in [0.5, 0.6) is 0 Å². The van der Waals surface area contributed by atoms with Crippen molar-refractivity contribution in [3.63, 3.8) is 0 Å². The van der Waals surface area contributed by atoms with Crippen molar-refractivity contribution in [2.24, 2.45) is 10.9 Å². The number of nitrogens with zero attached hydrogens (tertiary/aromatic N) is 3. The van der Waals surface area contributed by atoms with Crippen LogP contribution in [0.2, 0.25) is 0 Å². The van der Waals surface area contributed by atoms with Crippen LogP contribution in [0.15, 0.2) is 11.4 Å². The lowest BCUT2D eigenvalue weighted by atomic mass is 10.2. The number of aromatic nitrogens is 2. The molecule has 0 amide bonds. The molecule has 0 aromatic carbocycles. The Hall–Kier alpha value is -1.52. The maximum atomic E-state index is 8.49. The monoisotopic (exact) mass is 182 g/mol. The molecular formula is C8H14N4O. The molecule has 0 bridgehead atoms. The topological polar surface area (TPSA) is 76.4 Å². The molecular weight excluding hydrogens is 168 g/mol. The third-order valence-electron chi connectivity index (χ3n) is 1.83. The van der Waals surface area contributed by atoms with Crippen LogP contribution in [-0.2, 0) is 0 Å². The maximum Gasteiger partial charge on any atom is 0.173 e. The summed E-state index contributed by atoms with van der Waals surface area (Å²) < 4.78 is 1.78. The van der Waals surface area contributed by atoms with Crippen molar-refractivity contribution >= 4 is 5.84 Å². The van der Waals surface area contributed by atoms with E-state index in [-0.39, 0.29) is 11.9 Å². The largest absolute Gasteiger partial charge is 0.409 e. The number of hydrogen-bond donors (Lipinski definition) is 2. The van der Waals surface area contributed by atoms with Gasteiger partial charge in [-0.2, -0.15) is 5.10 Å². The van der Waals surface area contributed by atoms with Crippen molar-refractivity contribution < 1.29 is 5.21 Å². The molecule has 0 atom stereocenters. The molecule has 0 aliphatic heterocycles. The fraction of sp³-hybridized carbons (Fsp3) is 0.500. The van der Waals surface area contributed by atoms with E-state index < -0.39 is 0 Å². The summed E-state index contributed by atoms with van der Waals surface area (Å²) in [5, 5.41) is 15.6. The molecule has 0 aliphatic rings. The van der Waals surface area contributed by atoms with Gasteiger partial charge in [-0.3, -0.25) is 4.68 Å². The highest BCUT2D eigenvalue weighted by Gasteiger charge is 2.10. The van der Waals surface area contributed by atoms with Crippen LogP contribution >= 0.6 is 0 Å². The zero-order valence-corrected chi connectivity index (χ0v) is 8.02. The van der Waals surface area contributed by atoms with Gasteiger partial charge < -0.3 is 10.9 Å². The number of oxime groups is 1. The van der Waals surface area contributed by atoms with Gasteiger partial charge in [0.2, 0.25) is 0 Å². The predicted octanol–water partition coefficient (Wildman–Crippen LogP) is 0.867. The van der Waals surface area contributed by atoms with Gasteiger partial charge in [0.15, 0.2) is 5.84 Å². The van der Waals surface area contributed by atoms with Gasteiger partial charge >= 0.3 is 0 Å². The molecule has 0 saturated heterocycles. The number of rotatable bonds is 2. The summed E-state index contributed by atoms with van der Waals surface area (Å²) in [5.74, 6) is 0.101. The number of hydrogen-bond acceptors (Lipinski definition) is 3. The molecule has 5 nitrogen and oxygen atoms in total. The minimum atomic E-state index is 0.101. The molecule has 0 radical (unpaired) electrons. The number of aryl methyl sites for hydroxylation is 1. The highest BCUT2D eigenvalue weighted by atomic mass is 16.4. The van der Waals surface area contributed by atoms with Crippen LogP contribution in [0.25, 0.3) is 0 Å². The van der Waals surface area contributed by atoms with Crippen molar-refractivity contribution in [2.45, 2.75) is 26.8 Å². The SMILES string of the molecule is Cc1nn(C(C)C)cc1/C(N)=N\O. The Morgan fingerprint density at radius 1 is 1.69 bits per heavy atom. The smallest absolute Gasteiger partial charge is 0.173 e. The van der Waals surface area contributed by atoms with Crippen LogP contribution in [-0.4, -0.2) is 20.8 Å². The van der Waals surface area contributed by atoms with Crippen molar-refractivity contribution in [1.29, 1.82) is 0 Å². The molecule has 0 unspecified atom stereocenters. The third-order valence-corrected chi connectivity index (χ3v) is 1.83. The van der Waals surface area contributed by atoms with Crippen LogP contribution in [0.1, 0.15) is 31.1 Å². The zero-order valence-electron chi connectivity index (χ0n) is 8.02. The average Bonchev–Trinajstić information content (AvgIpc) is 2.46. The quantitative estimate of drug-likeness (QED) is 0.308. The Labute approximate surface area is 76.8 Å². The van der Waals surface area contributed by atoms with E-state index in [0.29, 0.717) is 5.56 Å². The van der Waals surface area contributed by atoms with Gasteiger partial charge in [-0.15, -0.1) is 0 Å². The number of nitrogens with two attached hydrogens (primary N) is 1. The second kappa shape index (κ2) is 3.47. The molecule has 1 rings (SSSR count). The molecule has 1 aromatic heterocycles. The summed E-state index contributed by atoms with van der Waals surface area (Å²) in [5.41, 5.74) is 6.90. The Balaban J connectivity index is 3.10. The van der Waals surface area contributed by atoms with Crippen molar-refractivity contribution in [3.8, 4) is 0 Å². The van der Waals surface area contributed by atoms with Crippen molar-refractivity contribution in [2.75, 3.05) is 0 Å². The number of amidine groups is 1. The van der Waals surface area contributed by atoms with Gasteiger partial charge in [-0.25, -0.2) is 0 Å². The van der Waals surface area contributed by atoms with Gasteiger partial charge in [-0.05, 0) is 20.8 Å². The standard InChI is InChI=1S/C8H14N4O/c1-5(2)12-4-7(6(3)10-12)8(9)11-13/h4-5,13H,1-3H3,(H2,9,11). The van der Waals surface area contributed by atoms with E-state index in [0.717, 1.165) is 5.69 Å². The molecule has 5 heteroatoms. The van der Waals surface area contributed by atoms with E-state index in [9.17, 15) is 0 Å².